The first-order chi connectivity index (χ1) is 14.3. The van der Waals surface area contributed by atoms with Crippen LogP contribution in [0.5, 0.6) is 0 Å². The van der Waals surface area contributed by atoms with E-state index in [2.05, 4.69) is 9.88 Å². The number of amides is 1. The lowest BCUT2D eigenvalue weighted by molar-refractivity contribution is 0.0302. The van der Waals surface area contributed by atoms with Crippen molar-refractivity contribution in [3.8, 4) is 0 Å². The molecule has 3 atom stereocenters. The topological polar surface area (TPSA) is 133 Å². The lowest BCUT2D eigenvalue weighted by atomic mass is 9.93. The molecular formula is C21H26N6O3. The molecule has 2 saturated heterocycles. The fourth-order valence-corrected chi connectivity index (χ4v) is 4.94. The number of nitrogen functional groups attached to an aromatic ring is 1. The number of allylic oxidation sites excluding steroid dienone is 3. The van der Waals surface area contributed by atoms with Gasteiger partial charge in [0.05, 0.1) is 18.4 Å². The number of hydrogen-bond donors (Lipinski definition) is 3. The Kier molecular flexibility index (Phi) is 4.25. The number of rotatable bonds is 3. The lowest BCUT2D eigenvalue weighted by Gasteiger charge is -2.32. The highest BCUT2D eigenvalue weighted by atomic mass is 16.5. The van der Waals surface area contributed by atoms with Gasteiger partial charge in [-0.05, 0) is 32.3 Å². The Morgan fingerprint density at radius 3 is 2.67 bits per heavy atom. The Balaban J connectivity index is 1.68. The van der Waals surface area contributed by atoms with Crippen molar-refractivity contribution in [3.63, 3.8) is 0 Å². The SMILES string of the molecule is CC1=C(n2c(N)c(C(N)=O)c3nc(N4CC5CCC(C4)O5)cnc32)[C@H](C)CC=C1O. The van der Waals surface area contributed by atoms with E-state index in [0.29, 0.717) is 29.0 Å². The van der Waals surface area contributed by atoms with E-state index in [0.717, 1.165) is 31.6 Å². The summed E-state index contributed by atoms with van der Waals surface area (Å²) in [5, 5.41) is 10.3. The van der Waals surface area contributed by atoms with Crippen LogP contribution in [-0.2, 0) is 4.74 Å². The number of ether oxygens (including phenoxy) is 1. The molecule has 158 valence electrons. The van der Waals surface area contributed by atoms with Crippen molar-refractivity contribution in [1.29, 1.82) is 0 Å². The van der Waals surface area contributed by atoms with Gasteiger partial charge in [-0.3, -0.25) is 9.36 Å². The molecule has 3 aliphatic rings. The van der Waals surface area contributed by atoms with Crippen molar-refractivity contribution in [2.45, 2.75) is 45.3 Å². The van der Waals surface area contributed by atoms with Crippen molar-refractivity contribution >= 4 is 34.4 Å². The number of anilines is 2. The Labute approximate surface area is 174 Å². The summed E-state index contributed by atoms with van der Waals surface area (Å²) in [5.41, 5.74) is 14.6. The number of carbonyl (C=O) groups excluding carboxylic acids is 1. The smallest absolute Gasteiger partial charge is 0.254 e. The number of morpholine rings is 1. The zero-order valence-corrected chi connectivity index (χ0v) is 17.1. The second-order valence-electron chi connectivity index (χ2n) is 8.46. The molecule has 1 amide bonds. The van der Waals surface area contributed by atoms with E-state index in [-0.39, 0.29) is 35.3 Å². The summed E-state index contributed by atoms with van der Waals surface area (Å²) in [4.78, 5) is 23.9. The fraction of sp³-hybridized carbons (Fsp3) is 0.476. The number of aliphatic hydroxyl groups excluding tert-OH is 1. The van der Waals surface area contributed by atoms with Gasteiger partial charge in [-0.2, -0.15) is 0 Å². The maximum atomic E-state index is 12.3. The number of fused-ring (bicyclic) bond motifs is 3. The molecule has 30 heavy (non-hydrogen) atoms. The molecule has 2 fully saturated rings. The number of nitrogens with two attached hydrogens (primary N) is 2. The van der Waals surface area contributed by atoms with Gasteiger partial charge in [0.15, 0.2) is 5.65 Å². The molecule has 0 aromatic carbocycles. The first-order valence-corrected chi connectivity index (χ1v) is 10.3. The van der Waals surface area contributed by atoms with E-state index in [1.807, 2.05) is 13.8 Å². The summed E-state index contributed by atoms with van der Waals surface area (Å²) in [6.07, 6.45) is 6.67. The monoisotopic (exact) mass is 410 g/mol. The van der Waals surface area contributed by atoms with Gasteiger partial charge in [-0.1, -0.05) is 6.92 Å². The van der Waals surface area contributed by atoms with E-state index >= 15 is 0 Å². The van der Waals surface area contributed by atoms with Crippen molar-refractivity contribution in [2.24, 2.45) is 11.7 Å². The molecule has 2 bridgehead atoms. The maximum Gasteiger partial charge on any atom is 0.254 e. The van der Waals surface area contributed by atoms with Crippen LogP contribution in [0, 0.1) is 5.92 Å². The minimum absolute atomic E-state index is 0.0795. The molecule has 4 heterocycles. The van der Waals surface area contributed by atoms with Crippen molar-refractivity contribution in [3.05, 3.63) is 29.2 Å². The molecule has 2 unspecified atom stereocenters. The summed E-state index contributed by atoms with van der Waals surface area (Å²) in [6, 6.07) is 0. The summed E-state index contributed by atoms with van der Waals surface area (Å²) < 4.78 is 7.63. The third-order valence-corrected chi connectivity index (χ3v) is 6.44. The normalized spacial score (nSPS) is 26.4. The molecule has 5 rings (SSSR count). The summed E-state index contributed by atoms with van der Waals surface area (Å²) in [7, 11) is 0. The Morgan fingerprint density at radius 1 is 1.30 bits per heavy atom. The van der Waals surface area contributed by atoms with Crippen LogP contribution in [0.25, 0.3) is 16.9 Å². The summed E-state index contributed by atoms with van der Waals surface area (Å²) >= 11 is 0. The van der Waals surface area contributed by atoms with E-state index < -0.39 is 5.91 Å². The van der Waals surface area contributed by atoms with Crippen LogP contribution in [0.1, 0.15) is 43.5 Å². The third-order valence-electron chi connectivity index (χ3n) is 6.44. The fourth-order valence-electron chi connectivity index (χ4n) is 4.94. The molecule has 5 N–H and O–H groups in total. The maximum absolute atomic E-state index is 12.3. The second-order valence-corrected chi connectivity index (χ2v) is 8.46. The third kappa shape index (κ3) is 2.76. The number of primary amides is 1. The molecule has 1 aliphatic carbocycles. The van der Waals surface area contributed by atoms with E-state index in [1.165, 1.54) is 0 Å². The highest BCUT2D eigenvalue weighted by molar-refractivity contribution is 6.10. The Morgan fingerprint density at radius 2 is 2.00 bits per heavy atom. The molecule has 2 aromatic heterocycles. The van der Waals surface area contributed by atoms with Crippen LogP contribution < -0.4 is 16.4 Å². The summed E-state index contributed by atoms with van der Waals surface area (Å²) in [5.74, 6) is 0.528. The first-order valence-electron chi connectivity index (χ1n) is 10.3. The molecule has 2 aliphatic heterocycles. The minimum atomic E-state index is -0.647. The van der Waals surface area contributed by atoms with Crippen molar-refractivity contribution in [2.75, 3.05) is 23.7 Å². The largest absolute Gasteiger partial charge is 0.508 e. The van der Waals surface area contributed by atoms with Gasteiger partial charge in [0.25, 0.3) is 5.91 Å². The van der Waals surface area contributed by atoms with Crippen LogP contribution in [0.2, 0.25) is 0 Å². The average molecular weight is 410 g/mol. The van der Waals surface area contributed by atoms with Gasteiger partial charge in [-0.15, -0.1) is 0 Å². The second kappa shape index (κ2) is 6.73. The van der Waals surface area contributed by atoms with Crippen LogP contribution in [0.15, 0.2) is 23.6 Å². The minimum Gasteiger partial charge on any atom is -0.508 e. The number of hydrogen-bond acceptors (Lipinski definition) is 7. The number of carbonyl (C=O) groups is 1. The molecular weight excluding hydrogens is 384 g/mol. The molecule has 0 saturated carbocycles. The summed E-state index contributed by atoms with van der Waals surface area (Å²) in [6.45, 7) is 5.37. The van der Waals surface area contributed by atoms with Crippen molar-refractivity contribution < 1.29 is 14.6 Å². The average Bonchev–Trinajstić information content (AvgIpc) is 3.20. The quantitative estimate of drug-likeness (QED) is 0.706. The van der Waals surface area contributed by atoms with Crippen molar-refractivity contribution in [1.82, 2.24) is 14.5 Å². The molecule has 0 spiro atoms. The van der Waals surface area contributed by atoms with E-state index in [9.17, 15) is 9.90 Å². The van der Waals surface area contributed by atoms with Crippen LogP contribution in [-0.4, -0.2) is 50.8 Å². The molecule has 9 heteroatoms. The van der Waals surface area contributed by atoms with Gasteiger partial charge in [-0.25, -0.2) is 9.97 Å². The number of aromatic nitrogens is 3. The molecule has 0 radical (unpaired) electrons. The van der Waals surface area contributed by atoms with Gasteiger partial charge < -0.3 is 26.2 Å². The highest BCUT2D eigenvalue weighted by Gasteiger charge is 2.35. The molecule has 2 aromatic rings. The van der Waals surface area contributed by atoms with Crippen LogP contribution in [0.3, 0.4) is 0 Å². The van der Waals surface area contributed by atoms with Gasteiger partial charge in [0.2, 0.25) is 0 Å². The number of nitrogens with zero attached hydrogens (tertiary/aromatic N) is 4. The zero-order chi connectivity index (χ0) is 21.2. The van der Waals surface area contributed by atoms with Crippen LogP contribution >= 0.6 is 0 Å². The van der Waals surface area contributed by atoms with E-state index in [4.69, 9.17) is 21.2 Å². The predicted molar refractivity (Wildman–Crippen MR) is 114 cm³/mol. The van der Waals surface area contributed by atoms with Crippen LogP contribution in [0.4, 0.5) is 11.6 Å². The Hall–Kier alpha value is -3.07. The first kappa shape index (κ1) is 18.9. The van der Waals surface area contributed by atoms with Gasteiger partial charge in [0.1, 0.15) is 28.5 Å². The number of aliphatic hydroxyl groups is 1. The predicted octanol–water partition coefficient (Wildman–Crippen LogP) is 2.19. The van der Waals surface area contributed by atoms with Gasteiger partial charge >= 0.3 is 0 Å². The van der Waals surface area contributed by atoms with E-state index in [1.54, 1.807) is 16.8 Å². The zero-order valence-electron chi connectivity index (χ0n) is 17.1. The molecule has 9 nitrogen and oxygen atoms in total. The lowest BCUT2D eigenvalue weighted by Crippen LogP contribution is -2.43. The van der Waals surface area contributed by atoms with Gasteiger partial charge in [0, 0.05) is 30.3 Å². The Bertz CT molecular complexity index is 1110. The standard InChI is InChI=1S/C21H26N6O3/c1-10-3-6-14(28)11(2)18(10)27-19(22)16(20(23)29)17-21(27)24-7-15(25-17)26-8-12-4-5-13(9-26)30-12/h6-7,10,12-13,28H,3-5,8-9,22H2,1-2H3,(H2,23,29)/t10-,12?,13?/m1/s1. The highest BCUT2D eigenvalue weighted by Crippen LogP contribution is 2.39.